The van der Waals surface area contributed by atoms with Crippen LogP contribution in [0.15, 0.2) is 18.2 Å². The molecule has 1 aliphatic heterocycles. The van der Waals surface area contributed by atoms with Crippen LogP contribution in [0.2, 0.25) is 0 Å². The Hall–Kier alpha value is -1.00. The Morgan fingerprint density at radius 1 is 1.24 bits per heavy atom. The molecule has 0 amide bonds. The van der Waals surface area contributed by atoms with Crippen LogP contribution in [0, 0.1) is 11.6 Å². The van der Waals surface area contributed by atoms with Crippen LogP contribution in [0.1, 0.15) is 31.4 Å². The number of ether oxygens (including phenoxy) is 2. The van der Waals surface area contributed by atoms with Crippen molar-refractivity contribution in [3.05, 3.63) is 35.4 Å². The molecule has 17 heavy (non-hydrogen) atoms. The summed E-state index contributed by atoms with van der Waals surface area (Å²) in [6.07, 6.45) is 1.53. The van der Waals surface area contributed by atoms with E-state index in [1.54, 1.807) is 0 Å². The van der Waals surface area contributed by atoms with Crippen molar-refractivity contribution in [3.63, 3.8) is 0 Å². The Morgan fingerprint density at radius 2 is 2.06 bits per heavy atom. The second-order valence-electron chi connectivity index (χ2n) is 4.21. The topological polar surface area (TPSA) is 18.5 Å². The Kier molecular flexibility index (Phi) is 4.07. The van der Waals surface area contributed by atoms with E-state index in [4.69, 9.17) is 9.47 Å². The van der Waals surface area contributed by atoms with Crippen LogP contribution in [0.3, 0.4) is 0 Å². The lowest BCUT2D eigenvalue weighted by atomic mass is 10.1. The molecule has 94 valence electrons. The highest BCUT2D eigenvalue weighted by atomic mass is 19.2. The molecule has 2 rings (SSSR count). The maximum atomic E-state index is 13.5. The van der Waals surface area contributed by atoms with E-state index in [-0.39, 0.29) is 18.3 Å². The van der Waals surface area contributed by atoms with Gasteiger partial charge in [0.15, 0.2) is 11.6 Å². The Labute approximate surface area is 99.5 Å². The predicted molar refractivity (Wildman–Crippen MR) is 59.7 cm³/mol. The fourth-order valence-corrected chi connectivity index (χ4v) is 1.98. The van der Waals surface area contributed by atoms with E-state index in [0.717, 1.165) is 18.9 Å². The van der Waals surface area contributed by atoms with Crippen molar-refractivity contribution in [2.45, 2.75) is 32.0 Å². The van der Waals surface area contributed by atoms with E-state index in [0.29, 0.717) is 6.61 Å². The van der Waals surface area contributed by atoms with Crippen LogP contribution in [0.5, 0.6) is 0 Å². The largest absolute Gasteiger partial charge is 0.373 e. The van der Waals surface area contributed by atoms with Crippen molar-refractivity contribution >= 4 is 0 Å². The molecule has 1 aromatic carbocycles. The fraction of sp³-hybridized carbons (Fsp3) is 0.538. The molecule has 4 heteroatoms. The van der Waals surface area contributed by atoms with Gasteiger partial charge in [0.1, 0.15) is 6.10 Å². The van der Waals surface area contributed by atoms with Gasteiger partial charge in [0.2, 0.25) is 0 Å². The van der Waals surface area contributed by atoms with Crippen molar-refractivity contribution < 1.29 is 18.3 Å². The zero-order chi connectivity index (χ0) is 12.3. The highest BCUT2D eigenvalue weighted by molar-refractivity contribution is 5.21. The quantitative estimate of drug-likeness (QED) is 0.810. The van der Waals surface area contributed by atoms with Gasteiger partial charge in [-0.15, -0.1) is 0 Å². The smallest absolute Gasteiger partial charge is 0.164 e. The molecule has 1 fully saturated rings. The first-order chi connectivity index (χ1) is 8.22. The lowest BCUT2D eigenvalue weighted by Gasteiger charge is -2.29. The molecule has 1 heterocycles. The van der Waals surface area contributed by atoms with Gasteiger partial charge < -0.3 is 9.47 Å². The number of benzene rings is 1. The summed E-state index contributed by atoms with van der Waals surface area (Å²) in [6, 6.07) is 4.12. The summed E-state index contributed by atoms with van der Waals surface area (Å²) >= 11 is 0. The summed E-state index contributed by atoms with van der Waals surface area (Å²) < 4.78 is 37.7. The molecule has 2 unspecified atom stereocenters. The summed E-state index contributed by atoms with van der Waals surface area (Å²) in [6.45, 7) is 2.79. The van der Waals surface area contributed by atoms with Gasteiger partial charge in [0, 0.05) is 5.56 Å². The standard InChI is InChI=1S/C13H16F2O2/c1-2-4-9-7-17-12(8-16-9)10-5-3-6-11(14)13(10)15/h3,5-6,9,12H,2,4,7-8H2,1H3. The van der Waals surface area contributed by atoms with Crippen LogP contribution < -0.4 is 0 Å². The molecule has 0 radical (unpaired) electrons. The van der Waals surface area contributed by atoms with Crippen LogP contribution >= 0.6 is 0 Å². The number of hydrogen-bond acceptors (Lipinski definition) is 2. The molecule has 0 spiro atoms. The summed E-state index contributed by atoms with van der Waals surface area (Å²) in [7, 11) is 0. The highest BCUT2D eigenvalue weighted by Crippen LogP contribution is 2.27. The van der Waals surface area contributed by atoms with Crippen molar-refractivity contribution in [3.8, 4) is 0 Å². The van der Waals surface area contributed by atoms with E-state index in [1.165, 1.54) is 12.1 Å². The Morgan fingerprint density at radius 3 is 2.71 bits per heavy atom. The van der Waals surface area contributed by atoms with Crippen LogP contribution in [0.25, 0.3) is 0 Å². The summed E-state index contributed by atoms with van der Waals surface area (Å²) in [5, 5.41) is 0. The van der Waals surface area contributed by atoms with Crippen LogP contribution in [0.4, 0.5) is 8.78 Å². The van der Waals surface area contributed by atoms with Crippen LogP contribution in [-0.4, -0.2) is 19.3 Å². The van der Waals surface area contributed by atoms with Gasteiger partial charge in [-0.1, -0.05) is 25.5 Å². The van der Waals surface area contributed by atoms with E-state index in [9.17, 15) is 8.78 Å². The van der Waals surface area contributed by atoms with Gasteiger partial charge in [-0.25, -0.2) is 8.78 Å². The fourth-order valence-electron chi connectivity index (χ4n) is 1.98. The summed E-state index contributed by atoms with van der Waals surface area (Å²) in [5.74, 6) is -1.68. The lowest BCUT2D eigenvalue weighted by Crippen LogP contribution is -2.31. The highest BCUT2D eigenvalue weighted by Gasteiger charge is 2.25. The number of halogens is 2. The molecule has 0 N–H and O–H groups in total. The molecule has 2 nitrogen and oxygen atoms in total. The maximum Gasteiger partial charge on any atom is 0.164 e. The minimum atomic E-state index is -0.846. The van der Waals surface area contributed by atoms with Gasteiger partial charge in [-0.3, -0.25) is 0 Å². The zero-order valence-electron chi connectivity index (χ0n) is 9.79. The first-order valence-electron chi connectivity index (χ1n) is 5.89. The number of rotatable bonds is 3. The van der Waals surface area contributed by atoms with Crippen molar-refractivity contribution in [2.24, 2.45) is 0 Å². The Bertz CT molecular complexity index is 374. The molecular weight excluding hydrogens is 226 g/mol. The first kappa shape index (κ1) is 12.5. The molecule has 0 saturated carbocycles. The monoisotopic (exact) mass is 242 g/mol. The predicted octanol–water partition coefficient (Wildman–Crippen LogP) is 3.22. The minimum Gasteiger partial charge on any atom is -0.373 e. The zero-order valence-corrected chi connectivity index (χ0v) is 9.79. The van der Waals surface area contributed by atoms with Gasteiger partial charge in [0.25, 0.3) is 0 Å². The van der Waals surface area contributed by atoms with E-state index < -0.39 is 17.7 Å². The van der Waals surface area contributed by atoms with Gasteiger partial charge in [-0.05, 0) is 12.5 Å². The summed E-state index contributed by atoms with van der Waals surface area (Å²) in [4.78, 5) is 0. The van der Waals surface area contributed by atoms with E-state index in [1.807, 2.05) is 0 Å². The number of hydrogen-bond donors (Lipinski definition) is 0. The molecule has 1 aliphatic rings. The molecule has 0 aromatic heterocycles. The van der Waals surface area contributed by atoms with Gasteiger partial charge >= 0.3 is 0 Å². The van der Waals surface area contributed by atoms with E-state index in [2.05, 4.69) is 6.92 Å². The van der Waals surface area contributed by atoms with Gasteiger partial charge in [-0.2, -0.15) is 0 Å². The molecule has 1 saturated heterocycles. The first-order valence-corrected chi connectivity index (χ1v) is 5.89. The Balaban J connectivity index is 2.03. The molecular formula is C13H16F2O2. The van der Waals surface area contributed by atoms with Gasteiger partial charge in [0.05, 0.1) is 19.3 Å². The second-order valence-corrected chi connectivity index (χ2v) is 4.21. The average Bonchev–Trinajstić information content (AvgIpc) is 2.34. The third-order valence-electron chi connectivity index (χ3n) is 2.91. The van der Waals surface area contributed by atoms with E-state index >= 15 is 0 Å². The third-order valence-corrected chi connectivity index (χ3v) is 2.91. The van der Waals surface area contributed by atoms with Crippen LogP contribution in [-0.2, 0) is 9.47 Å². The normalized spacial score (nSPS) is 24.9. The third kappa shape index (κ3) is 2.82. The lowest BCUT2D eigenvalue weighted by molar-refractivity contribution is -0.138. The second kappa shape index (κ2) is 5.56. The van der Waals surface area contributed by atoms with Crippen molar-refractivity contribution in [2.75, 3.05) is 13.2 Å². The molecule has 0 bridgehead atoms. The average molecular weight is 242 g/mol. The molecule has 2 atom stereocenters. The summed E-state index contributed by atoms with van der Waals surface area (Å²) in [5.41, 5.74) is 0.236. The SMILES string of the molecule is CCCC1COC(c2cccc(F)c2F)CO1. The maximum absolute atomic E-state index is 13.5. The minimum absolute atomic E-state index is 0.0767. The molecule has 1 aromatic rings. The molecule has 0 aliphatic carbocycles. The van der Waals surface area contributed by atoms with Crippen molar-refractivity contribution in [1.82, 2.24) is 0 Å². The van der Waals surface area contributed by atoms with Crippen molar-refractivity contribution in [1.29, 1.82) is 0 Å².